The molecule has 3 saturated heterocycles. The van der Waals surface area contributed by atoms with Gasteiger partial charge in [-0.1, -0.05) is 12.8 Å². The third kappa shape index (κ3) is 5.50. The quantitative estimate of drug-likeness (QED) is 0.706. The zero-order valence-electron chi connectivity index (χ0n) is 18.6. The van der Waals surface area contributed by atoms with Crippen LogP contribution in [-0.4, -0.2) is 89.6 Å². The van der Waals surface area contributed by atoms with Crippen LogP contribution < -0.4 is 5.43 Å². The fourth-order valence-electron chi connectivity index (χ4n) is 5.21. The van der Waals surface area contributed by atoms with Crippen LogP contribution in [0.4, 0.5) is 0 Å². The number of nitrogens with zero attached hydrogens (tertiary/aromatic N) is 4. The molecule has 0 bridgehead atoms. The number of aromatic nitrogens is 1. The van der Waals surface area contributed by atoms with Crippen LogP contribution in [0.3, 0.4) is 0 Å². The molecule has 1 atom stereocenters. The van der Waals surface area contributed by atoms with Gasteiger partial charge in [0.1, 0.15) is 0 Å². The van der Waals surface area contributed by atoms with Gasteiger partial charge in [-0.05, 0) is 32.4 Å². The minimum Gasteiger partial charge on any atom is -0.503 e. The van der Waals surface area contributed by atoms with Crippen molar-refractivity contribution in [1.29, 1.82) is 0 Å². The van der Waals surface area contributed by atoms with E-state index in [1.54, 1.807) is 6.07 Å². The molecule has 0 unspecified atom stereocenters. The molecule has 0 spiro atoms. The molecule has 1 aromatic rings. The zero-order valence-corrected chi connectivity index (χ0v) is 19.4. The molecule has 174 valence electrons. The van der Waals surface area contributed by atoms with Crippen molar-refractivity contribution in [2.45, 2.75) is 51.2 Å². The summed E-state index contributed by atoms with van der Waals surface area (Å²) >= 11 is 0. The van der Waals surface area contributed by atoms with Crippen LogP contribution >= 0.6 is 0 Å². The van der Waals surface area contributed by atoms with Crippen LogP contribution in [-0.2, 0) is 30.0 Å². The number of hydrogen-bond acceptors (Lipinski definition) is 7. The Morgan fingerprint density at radius 1 is 0.968 bits per heavy atom. The van der Waals surface area contributed by atoms with Gasteiger partial charge in [0, 0.05) is 64.1 Å². The molecule has 0 amide bonds. The van der Waals surface area contributed by atoms with Crippen molar-refractivity contribution < 1.29 is 13.5 Å². The van der Waals surface area contributed by atoms with Crippen LogP contribution in [0.2, 0.25) is 0 Å². The fraction of sp³-hybridized carbons (Fsp3) is 0.773. The number of likely N-dealkylation sites (tertiary alicyclic amines) is 1. The lowest BCUT2D eigenvalue weighted by Crippen LogP contribution is -2.50. The van der Waals surface area contributed by atoms with E-state index in [1.807, 2.05) is 11.6 Å². The fourth-order valence-corrected chi connectivity index (χ4v) is 6.97. The highest BCUT2D eigenvalue weighted by molar-refractivity contribution is 7.91. The molecule has 4 heterocycles. The molecular formula is C22H36N4O4S. The van der Waals surface area contributed by atoms with Gasteiger partial charge in [-0.15, -0.1) is 0 Å². The van der Waals surface area contributed by atoms with E-state index in [0.717, 1.165) is 57.9 Å². The molecular weight excluding hydrogens is 416 g/mol. The summed E-state index contributed by atoms with van der Waals surface area (Å²) < 4.78 is 25.6. The second-order valence-corrected chi connectivity index (χ2v) is 11.6. The molecule has 0 aromatic carbocycles. The van der Waals surface area contributed by atoms with Gasteiger partial charge in [0.05, 0.1) is 17.2 Å². The normalized spacial score (nSPS) is 26.2. The molecule has 4 rings (SSSR count). The Bertz CT molecular complexity index is 930. The number of pyridine rings is 1. The average Bonchev–Trinajstić information content (AvgIpc) is 2.94. The first-order chi connectivity index (χ1) is 14.8. The maximum atomic E-state index is 12.5. The molecule has 0 aliphatic carbocycles. The summed E-state index contributed by atoms with van der Waals surface area (Å²) in [7, 11) is -0.927. The number of rotatable bonds is 5. The third-order valence-electron chi connectivity index (χ3n) is 7.23. The van der Waals surface area contributed by atoms with E-state index in [2.05, 4.69) is 14.7 Å². The monoisotopic (exact) mass is 452 g/mol. The lowest BCUT2D eigenvalue weighted by Gasteiger charge is -2.38. The molecule has 1 aromatic heterocycles. The van der Waals surface area contributed by atoms with Gasteiger partial charge in [-0.25, -0.2) is 8.42 Å². The molecule has 31 heavy (non-hydrogen) atoms. The van der Waals surface area contributed by atoms with E-state index in [4.69, 9.17) is 0 Å². The highest BCUT2D eigenvalue weighted by Gasteiger charge is 2.33. The van der Waals surface area contributed by atoms with E-state index >= 15 is 0 Å². The molecule has 0 radical (unpaired) electrons. The van der Waals surface area contributed by atoms with Crippen molar-refractivity contribution in [1.82, 2.24) is 19.3 Å². The smallest absolute Gasteiger partial charge is 0.223 e. The summed E-state index contributed by atoms with van der Waals surface area (Å²) in [6.45, 7) is 6.64. The summed E-state index contributed by atoms with van der Waals surface area (Å²) in [6, 6.07) is 1.73. The Morgan fingerprint density at radius 2 is 1.61 bits per heavy atom. The Balaban J connectivity index is 1.41. The van der Waals surface area contributed by atoms with Gasteiger partial charge in [0.15, 0.2) is 15.6 Å². The second-order valence-electron chi connectivity index (χ2n) is 9.41. The highest BCUT2D eigenvalue weighted by Crippen LogP contribution is 2.22. The maximum Gasteiger partial charge on any atom is 0.223 e. The zero-order chi connectivity index (χ0) is 22.0. The second kappa shape index (κ2) is 9.60. The minimum absolute atomic E-state index is 0.141. The lowest BCUT2D eigenvalue weighted by atomic mass is 10.1. The highest BCUT2D eigenvalue weighted by atomic mass is 32.2. The lowest BCUT2D eigenvalue weighted by molar-refractivity contribution is 0.0977. The van der Waals surface area contributed by atoms with Crippen LogP contribution in [0.5, 0.6) is 5.75 Å². The molecule has 3 aliphatic heterocycles. The van der Waals surface area contributed by atoms with Crippen molar-refractivity contribution in [3.8, 4) is 5.75 Å². The Morgan fingerprint density at radius 3 is 2.23 bits per heavy atom. The van der Waals surface area contributed by atoms with Gasteiger partial charge in [0.2, 0.25) is 5.43 Å². The van der Waals surface area contributed by atoms with Gasteiger partial charge in [-0.2, -0.15) is 0 Å². The van der Waals surface area contributed by atoms with Crippen molar-refractivity contribution in [2.75, 3.05) is 50.8 Å². The third-order valence-corrected chi connectivity index (χ3v) is 8.98. The van der Waals surface area contributed by atoms with Gasteiger partial charge in [-0.3, -0.25) is 19.5 Å². The molecule has 3 fully saturated rings. The summed E-state index contributed by atoms with van der Waals surface area (Å²) in [5.41, 5.74) is 1.33. The van der Waals surface area contributed by atoms with E-state index < -0.39 is 9.84 Å². The molecule has 8 nitrogen and oxygen atoms in total. The number of sulfone groups is 1. The standard InChI is InChI=1S/C22H36N4O4S/c1-23-19(15-24-7-4-2-3-5-8-24)14-21(27)22(28)20(23)16-25-9-11-26(12-10-25)18-6-13-31(29,30)17-18/h14,18,28H,2-13,15-17H2,1H3/t18-/m1/s1. The first-order valence-corrected chi connectivity index (χ1v) is 13.4. The van der Waals surface area contributed by atoms with Gasteiger partial charge in [0.25, 0.3) is 0 Å². The van der Waals surface area contributed by atoms with Crippen LogP contribution in [0.15, 0.2) is 10.9 Å². The summed E-state index contributed by atoms with van der Waals surface area (Å²) in [5, 5.41) is 10.5. The predicted octanol–water partition coefficient (Wildman–Crippen LogP) is 0.772. The Hall–Kier alpha value is -1.42. The van der Waals surface area contributed by atoms with Crippen molar-refractivity contribution in [2.24, 2.45) is 7.05 Å². The van der Waals surface area contributed by atoms with Crippen molar-refractivity contribution in [3.05, 3.63) is 27.7 Å². The first kappa shape index (κ1) is 22.8. The molecule has 3 aliphatic rings. The summed E-state index contributed by atoms with van der Waals surface area (Å²) in [4.78, 5) is 19.4. The van der Waals surface area contributed by atoms with Crippen molar-refractivity contribution >= 4 is 9.84 Å². The topological polar surface area (TPSA) is 86.1 Å². The molecule has 9 heteroatoms. The van der Waals surface area contributed by atoms with E-state index in [0.29, 0.717) is 18.0 Å². The average molecular weight is 453 g/mol. The van der Waals surface area contributed by atoms with Crippen LogP contribution in [0.25, 0.3) is 0 Å². The van der Waals surface area contributed by atoms with E-state index in [9.17, 15) is 18.3 Å². The van der Waals surface area contributed by atoms with Crippen molar-refractivity contribution in [3.63, 3.8) is 0 Å². The van der Waals surface area contributed by atoms with E-state index in [1.165, 1.54) is 25.7 Å². The van der Waals surface area contributed by atoms with Gasteiger partial charge >= 0.3 is 0 Å². The summed E-state index contributed by atoms with van der Waals surface area (Å²) in [5.74, 6) is 0.435. The van der Waals surface area contributed by atoms with E-state index in [-0.39, 0.29) is 23.0 Å². The molecule has 0 saturated carbocycles. The number of hydrogen-bond donors (Lipinski definition) is 1. The number of aromatic hydroxyl groups is 1. The SMILES string of the molecule is Cn1c(CN2CCCCCC2)cc(=O)c(O)c1CN1CCN([C@@H]2CCS(=O)(=O)C2)CC1. The largest absolute Gasteiger partial charge is 0.503 e. The Kier molecular flexibility index (Phi) is 7.05. The predicted molar refractivity (Wildman–Crippen MR) is 121 cm³/mol. The maximum absolute atomic E-state index is 12.5. The Labute approximate surface area is 185 Å². The van der Waals surface area contributed by atoms with Crippen LogP contribution in [0.1, 0.15) is 43.5 Å². The van der Waals surface area contributed by atoms with Gasteiger partial charge < -0.3 is 9.67 Å². The summed E-state index contributed by atoms with van der Waals surface area (Å²) in [6.07, 6.45) is 5.68. The number of piperazine rings is 1. The first-order valence-electron chi connectivity index (χ1n) is 11.6. The molecule has 1 N–H and O–H groups in total. The minimum atomic E-state index is -2.87. The van der Waals surface area contributed by atoms with Crippen LogP contribution in [0, 0.1) is 0 Å².